The zero-order valence-electron chi connectivity index (χ0n) is 18.0. The van der Waals surface area contributed by atoms with E-state index in [1.165, 1.54) is 4.90 Å². The summed E-state index contributed by atoms with van der Waals surface area (Å²) in [5.74, 6) is -0.0144. The predicted molar refractivity (Wildman–Crippen MR) is 116 cm³/mol. The van der Waals surface area contributed by atoms with Gasteiger partial charge in [-0.2, -0.15) is 0 Å². The molecule has 2 atom stereocenters. The molecule has 0 spiro atoms. The summed E-state index contributed by atoms with van der Waals surface area (Å²) in [6.45, 7) is 6.22. The summed E-state index contributed by atoms with van der Waals surface area (Å²) < 4.78 is 5.62. The lowest BCUT2D eigenvalue weighted by Gasteiger charge is -2.38. The number of unbranched alkanes of at least 4 members (excludes halogenated alkanes) is 1. The molecule has 0 saturated carbocycles. The average Bonchev–Trinajstić information content (AvgIpc) is 3.27. The minimum atomic E-state index is -0.886. The van der Waals surface area contributed by atoms with E-state index in [0.29, 0.717) is 31.3 Å². The lowest BCUT2D eigenvalue weighted by atomic mass is 10.0. The smallest absolute Gasteiger partial charge is 0.407 e. The number of rotatable bonds is 9. The molecule has 2 aliphatic rings. The van der Waals surface area contributed by atoms with Crippen LogP contribution in [0, 0.1) is 0 Å². The minimum absolute atomic E-state index is 0.0144. The third-order valence-corrected chi connectivity index (χ3v) is 6.05. The van der Waals surface area contributed by atoms with Crippen molar-refractivity contribution in [1.82, 2.24) is 15.1 Å². The van der Waals surface area contributed by atoms with Crippen molar-refractivity contribution in [2.24, 2.45) is 0 Å². The van der Waals surface area contributed by atoms with Crippen molar-refractivity contribution >= 4 is 12.0 Å². The first-order valence-corrected chi connectivity index (χ1v) is 11.3. The number of carboxylic acid groups (broad SMARTS) is 1. The third-order valence-electron chi connectivity index (χ3n) is 6.05. The Labute approximate surface area is 179 Å². The number of hydrogen-bond donors (Lipinski definition) is 2. The summed E-state index contributed by atoms with van der Waals surface area (Å²) in [5, 5.41) is 13.0. The normalized spacial score (nSPS) is 21.6. The van der Waals surface area contributed by atoms with Gasteiger partial charge in [0.1, 0.15) is 0 Å². The van der Waals surface area contributed by atoms with Crippen molar-refractivity contribution in [3.05, 3.63) is 35.4 Å². The van der Waals surface area contributed by atoms with Crippen LogP contribution in [0.4, 0.5) is 4.79 Å². The summed E-state index contributed by atoms with van der Waals surface area (Å²) in [6.07, 6.45) is 5.14. The van der Waals surface area contributed by atoms with E-state index in [0.717, 1.165) is 63.8 Å². The lowest BCUT2D eigenvalue weighted by molar-refractivity contribution is 0.0559. The average molecular weight is 418 g/mol. The van der Waals surface area contributed by atoms with Gasteiger partial charge in [0.2, 0.25) is 0 Å². The molecule has 0 aliphatic carbocycles. The Morgan fingerprint density at radius 2 is 2.03 bits per heavy atom. The van der Waals surface area contributed by atoms with Gasteiger partial charge in [0.25, 0.3) is 5.91 Å². The van der Waals surface area contributed by atoms with E-state index in [9.17, 15) is 14.7 Å². The number of ether oxygens (including phenoxy) is 1. The Kier molecular flexibility index (Phi) is 8.51. The molecule has 30 heavy (non-hydrogen) atoms. The molecule has 2 amide bonds. The molecule has 3 rings (SSSR count). The highest BCUT2D eigenvalue weighted by molar-refractivity contribution is 5.94. The standard InChI is InChI=1S/C23H35N3O4/c1-2-3-13-26(23(28)29)20-6-4-12-25(17-20)22(27)19-10-8-18(9-11-19)15-24-16-21-7-5-14-30-21/h8-11,20-21,24H,2-7,12-17H2,1H3,(H,28,29). The van der Waals surface area contributed by atoms with Crippen LogP contribution in [-0.4, -0.2) is 71.8 Å². The molecule has 2 heterocycles. The second-order valence-corrected chi connectivity index (χ2v) is 8.34. The first-order valence-electron chi connectivity index (χ1n) is 11.3. The van der Waals surface area contributed by atoms with Crippen molar-refractivity contribution in [3.63, 3.8) is 0 Å². The van der Waals surface area contributed by atoms with E-state index >= 15 is 0 Å². The molecule has 2 aliphatic heterocycles. The van der Waals surface area contributed by atoms with Crippen molar-refractivity contribution < 1.29 is 19.4 Å². The molecule has 166 valence electrons. The fourth-order valence-corrected chi connectivity index (χ4v) is 4.29. The number of nitrogens with one attached hydrogen (secondary N) is 1. The fourth-order valence-electron chi connectivity index (χ4n) is 4.29. The molecule has 2 fully saturated rings. The van der Waals surface area contributed by atoms with Crippen LogP contribution in [0.3, 0.4) is 0 Å². The first-order chi connectivity index (χ1) is 14.6. The number of nitrogens with zero attached hydrogens (tertiary/aromatic N) is 2. The van der Waals surface area contributed by atoms with Crippen molar-refractivity contribution in [1.29, 1.82) is 0 Å². The minimum Gasteiger partial charge on any atom is -0.465 e. The largest absolute Gasteiger partial charge is 0.465 e. The van der Waals surface area contributed by atoms with Crippen LogP contribution in [0.1, 0.15) is 61.4 Å². The Hall–Kier alpha value is -2.12. The molecule has 7 nitrogen and oxygen atoms in total. The highest BCUT2D eigenvalue weighted by atomic mass is 16.5. The lowest BCUT2D eigenvalue weighted by Crippen LogP contribution is -2.51. The monoisotopic (exact) mass is 417 g/mol. The number of likely N-dealkylation sites (tertiary alicyclic amines) is 1. The maximum atomic E-state index is 13.0. The topological polar surface area (TPSA) is 82.1 Å². The molecule has 0 bridgehead atoms. The van der Waals surface area contributed by atoms with Crippen LogP contribution >= 0.6 is 0 Å². The van der Waals surface area contributed by atoms with Crippen LogP contribution in [0.2, 0.25) is 0 Å². The molecular weight excluding hydrogens is 382 g/mol. The molecule has 0 radical (unpaired) electrons. The van der Waals surface area contributed by atoms with Gasteiger partial charge >= 0.3 is 6.09 Å². The first kappa shape index (κ1) is 22.6. The molecular formula is C23H35N3O4. The van der Waals surface area contributed by atoms with Crippen molar-refractivity contribution in [2.45, 2.75) is 64.1 Å². The summed E-state index contributed by atoms with van der Waals surface area (Å²) in [5.41, 5.74) is 1.80. The van der Waals surface area contributed by atoms with Crippen molar-refractivity contribution in [2.75, 3.05) is 32.8 Å². The number of carbonyl (C=O) groups excluding carboxylic acids is 1. The Balaban J connectivity index is 1.52. The fraction of sp³-hybridized carbons (Fsp3) is 0.652. The highest BCUT2D eigenvalue weighted by Crippen LogP contribution is 2.19. The SMILES string of the molecule is CCCCN(C(=O)O)C1CCCN(C(=O)c2ccc(CNCC3CCCO3)cc2)C1. The van der Waals surface area contributed by atoms with E-state index in [-0.39, 0.29) is 11.9 Å². The summed E-state index contributed by atoms with van der Waals surface area (Å²) in [6, 6.07) is 7.61. The molecule has 2 saturated heterocycles. The Morgan fingerprint density at radius 1 is 1.23 bits per heavy atom. The summed E-state index contributed by atoms with van der Waals surface area (Å²) in [7, 11) is 0. The number of piperidine rings is 1. The maximum Gasteiger partial charge on any atom is 0.407 e. The van der Waals surface area contributed by atoms with E-state index in [1.54, 1.807) is 4.90 Å². The van der Waals surface area contributed by atoms with Gasteiger partial charge in [-0.3, -0.25) is 4.79 Å². The van der Waals surface area contributed by atoms with Gasteiger partial charge in [0, 0.05) is 44.9 Å². The van der Waals surface area contributed by atoms with Gasteiger partial charge in [0.05, 0.1) is 12.1 Å². The number of carbonyl (C=O) groups is 2. The zero-order valence-corrected chi connectivity index (χ0v) is 18.0. The van der Waals surface area contributed by atoms with Gasteiger partial charge in [-0.05, 0) is 49.8 Å². The summed E-state index contributed by atoms with van der Waals surface area (Å²) in [4.78, 5) is 28.0. The third kappa shape index (κ3) is 6.19. The quantitative estimate of drug-likeness (QED) is 0.644. The van der Waals surface area contributed by atoms with Crippen LogP contribution < -0.4 is 5.32 Å². The molecule has 2 unspecified atom stereocenters. The second kappa shape index (κ2) is 11.3. The van der Waals surface area contributed by atoms with Gasteiger partial charge < -0.3 is 25.0 Å². The van der Waals surface area contributed by atoms with E-state index in [4.69, 9.17) is 4.74 Å². The Morgan fingerprint density at radius 3 is 2.70 bits per heavy atom. The van der Waals surface area contributed by atoms with Gasteiger partial charge in [0.15, 0.2) is 0 Å². The number of hydrogen-bond acceptors (Lipinski definition) is 4. The van der Waals surface area contributed by atoms with Crippen LogP contribution in [0.15, 0.2) is 24.3 Å². The predicted octanol–water partition coefficient (Wildman–Crippen LogP) is 3.34. The molecule has 1 aromatic carbocycles. The van der Waals surface area contributed by atoms with Crippen LogP contribution in [0.25, 0.3) is 0 Å². The van der Waals surface area contributed by atoms with Crippen LogP contribution in [-0.2, 0) is 11.3 Å². The number of benzene rings is 1. The maximum absolute atomic E-state index is 13.0. The highest BCUT2D eigenvalue weighted by Gasteiger charge is 2.30. The summed E-state index contributed by atoms with van der Waals surface area (Å²) >= 11 is 0. The second-order valence-electron chi connectivity index (χ2n) is 8.34. The molecule has 2 N–H and O–H groups in total. The molecule has 0 aromatic heterocycles. The van der Waals surface area contributed by atoms with E-state index < -0.39 is 6.09 Å². The van der Waals surface area contributed by atoms with Gasteiger partial charge in [-0.25, -0.2) is 4.79 Å². The van der Waals surface area contributed by atoms with Crippen molar-refractivity contribution in [3.8, 4) is 0 Å². The van der Waals surface area contributed by atoms with Gasteiger partial charge in [-0.1, -0.05) is 25.5 Å². The van der Waals surface area contributed by atoms with Crippen LogP contribution in [0.5, 0.6) is 0 Å². The zero-order chi connectivity index (χ0) is 21.3. The number of amides is 2. The molecule has 1 aromatic rings. The molecule has 7 heteroatoms. The van der Waals surface area contributed by atoms with Gasteiger partial charge in [-0.15, -0.1) is 0 Å². The Bertz CT molecular complexity index is 688. The van der Waals surface area contributed by atoms with E-state index in [1.807, 2.05) is 24.3 Å². The van der Waals surface area contributed by atoms with E-state index in [2.05, 4.69) is 12.2 Å².